The van der Waals surface area contributed by atoms with Crippen molar-refractivity contribution < 1.29 is 21.9 Å². The number of ether oxygens (including phenoxy) is 1. The van der Waals surface area contributed by atoms with Crippen LogP contribution in [-0.2, 0) is 14.8 Å². The molecule has 2 aliphatic rings. The Morgan fingerprint density at radius 3 is 2.54 bits per heavy atom. The monoisotopic (exact) mass is 482 g/mol. The average molecular weight is 482 g/mol. The Hall–Kier alpha value is -0.270. The van der Waals surface area contributed by atoms with Gasteiger partial charge in [-0.25, -0.2) is 8.42 Å². The molecule has 2 fully saturated rings. The van der Waals surface area contributed by atoms with Crippen molar-refractivity contribution in [3.05, 3.63) is 0 Å². The van der Waals surface area contributed by atoms with E-state index in [0.717, 1.165) is 23.8 Å². The van der Waals surface area contributed by atoms with Crippen LogP contribution in [0.1, 0.15) is 25.7 Å². The number of aliphatic imine (C=N–C) groups is 1. The van der Waals surface area contributed by atoms with Gasteiger partial charge in [0.2, 0.25) is 0 Å². The molecule has 1 unspecified atom stereocenters. The molecule has 2 saturated heterocycles. The van der Waals surface area contributed by atoms with Crippen molar-refractivity contribution in [1.29, 1.82) is 0 Å². The summed E-state index contributed by atoms with van der Waals surface area (Å²) in [6.07, 6.45) is 3.26. The first kappa shape index (κ1) is 21.8. The van der Waals surface area contributed by atoms with Gasteiger partial charge in [-0.3, -0.25) is 4.99 Å². The van der Waals surface area contributed by atoms with Gasteiger partial charge in [0, 0.05) is 32.8 Å². The first-order valence-electron chi connectivity index (χ1n) is 7.82. The first-order chi connectivity index (χ1) is 10.9. The molecule has 0 aromatic carbocycles. The molecular formula is C13H25F2IN4O3S. The van der Waals surface area contributed by atoms with Gasteiger partial charge in [0.25, 0.3) is 10.0 Å². The molecular weight excluding hydrogens is 457 g/mol. The van der Waals surface area contributed by atoms with E-state index in [4.69, 9.17) is 10.5 Å². The van der Waals surface area contributed by atoms with Gasteiger partial charge in [0.1, 0.15) is 0 Å². The molecule has 0 spiro atoms. The van der Waals surface area contributed by atoms with Crippen molar-refractivity contribution in [2.24, 2.45) is 16.6 Å². The molecule has 2 rings (SSSR count). The predicted octanol–water partition coefficient (Wildman–Crippen LogP) is 0.952. The largest absolute Gasteiger partial charge is 0.376 e. The number of piperidine rings is 1. The summed E-state index contributed by atoms with van der Waals surface area (Å²) in [6.45, 7) is 2.09. The van der Waals surface area contributed by atoms with E-state index in [9.17, 15) is 17.2 Å². The lowest BCUT2D eigenvalue weighted by Gasteiger charge is -2.30. The lowest BCUT2D eigenvalue weighted by atomic mass is 9.98. The predicted molar refractivity (Wildman–Crippen MR) is 98.1 cm³/mol. The quantitative estimate of drug-likeness (QED) is 0.334. The zero-order valence-electron chi connectivity index (χ0n) is 13.4. The molecule has 0 bridgehead atoms. The van der Waals surface area contributed by atoms with E-state index in [2.05, 4.69) is 10.3 Å². The summed E-state index contributed by atoms with van der Waals surface area (Å²) in [7, 11) is -4.46. The lowest BCUT2D eigenvalue weighted by Crippen LogP contribution is -2.42. The zero-order chi connectivity index (χ0) is 16.9. The van der Waals surface area contributed by atoms with Crippen LogP contribution in [0.5, 0.6) is 0 Å². The van der Waals surface area contributed by atoms with Gasteiger partial charge in [-0.05, 0) is 31.6 Å². The highest BCUT2D eigenvalue weighted by Crippen LogP contribution is 2.22. The van der Waals surface area contributed by atoms with Crippen LogP contribution in [-0.4, -0.2) is 63.3 Å². The van der Waals surface area contributed by atoms with E-state index in [1.807, 2.05) is 0 Å². The molecule has 3 N–H and O–H groups in total. The summed E-state index contributed by atoms with van der Waals surface area (Å²) >= 11 is 0. The number of nitrogens with two attached hydrogens (primary N) is 1. The molecule has 2 heterocycles. The minimum absolute atomic E-state index is 0. The Kier molecular flexibility index (Phi) is 9.09. The van der Waals surface area contributed by atoms with E-state index >= 15 is 0 Å². The molecule has 0 aliphatic carbocycles. The van der Waals surface area contributed by atoms with Crippen LogP contribution in [0.3, 0.4) is 0 Å². The first-order valence-corrected chi connectivity index (χ1v) is 9.32. The van der Waals surface area contributed by atoms with E-state index in [0.29, 0.717) is 31.9 Å². The van der Waals surface area contributed by atoms with Gasteiger partial charge in [0.05, 0.1) is 6.10 Å². The number of rotatable bonds is 6. The van der Waals surface area contributed by atoms with Crippen molar-refractivity contribution in [2.75, 3.05) is 32.8 Å². The van der Waals surface area contributed by atoms with Gasteiger partial charge in [0.15, 0.2) is 5.96 Å². The van der Waals surface area contributed by atoms with Crippen LogP contribution in [0.15, 0.2) is 4.99 Å². The van der Waals surface area contributed by atoms with Gasteiger partial charge >= 0.3 is 5.76 Å². The molecule has 0 aromatic heterocycles. The van der Waals surface area contributed by atoms with E-state index in [1.165, 1.54) is 0 Å². The third kappa shape index (κ3) is 6.23. The van der Waals surface area contributed by atoms with Crippen LogP contribution < -0.4 is 11.1 Å². The molecule has 0 amide bonds. The molecule has 2 aliphatic heterocycles. The lowest BCUT2D eigenvalue weighted by molar-refractivity contribution is 0.114. The van der Waals surface area contributed by atoms with Gasteiger partial charge in [-0.15, -0.1) is 24.0 Å². The molecule has 0 radical (unpaired) electrons. The van der Waals surface area contributed by atoms with Crippen molar-refractivity contribution in [2.45, 2.75) is 37.5 Å². The summed E-state index contributed by atoms with van der Waals surface area (Å²) in [5.74, 6) is -2.86. The molecule has 7 nitrogen and oxygen atoms in total. The highest BCUT2D eigenvalue weighted by atomic mass is 127. The zero-order valence-corrected chi connectivity index (χ0v) is 16.5. The summed E-state index contributed by atoms with van der Waals surface area (Å²) < 4.78 is 54.0. The highest BCUT2D eigenvalue weighted by molar-refractivity contribution is 14.0. The third-order valence-corrected chi connectivity index (χ3v) is 5.75. The molecule has 24 heavy (non-hydrogen) atoms. The second-order valence-electron chi connectivity index (χ2n) is 5.89. The number of halogens is 3. The van der Waals surface area contributed by atoms with Gasteiger partial charge in [-0.1, -0.05) is 0 Å². The Labute approximate surface area is 158 Å². The second-order valence-corrected chi connectivity index (χ2v) is 7.79. The number of alkyl halides is 2. The molecule has 0 aromatic rings. The molecule has 142 valence electrons. The molecule has 1 atom stereocenters. The van der Waals surface area contributed by atoms with Gasteiger partial charge in [-0.2, -0.15) is 13.1 Å². The molecule has 0 saturated carbocycles. The number of nitrogens with one attached hydrogen (secondary N) is 1. The highest BCUT2D eigenvalue weighted by Gasteiger charge is 2.34. The summed E-state index contributed by atoms with van der Waals surface area (Å²) in [4.78, 5) is 4.24. The van der Waals surface area contributed by atoms with E-state index in [1.54, 1.807) is 0 Å². The van der Waals surface area contributed by atoms with Gasteiger partial charge < -0.3 is 15.8 Å². The minimum Gasteiger partial charge on any atom is -0.376 e. The summed E-state index contributed by atoms with van der Waals surface area (Å²) in [5, 5.41) is 3.01. The average Bonchev–Trinajstić information content (AvgIpc) is 3.04. The summed E-state index contributed by atoms with van der Waals surface area (Å²) in [5.41, 5.74) is 5.78. The number of sulfonamides is 1. The maximum absolute atomic E-state index is 12.5. The maximum Gasteiger partial charge on any atom is 0.350 e. The number of nitrogens with zero attached hydrogens (tertiary/aromatic N) is 2. The smallest absolute Gasteiger partial charge is 0.350 e. The second kappa shape index (κ2) is 10.0. The standard InChI is InChI=1S/C13H24F2N4O3S.HI/c14-12(15)23(20,21)19-5-3-10(4-6-19)8-17-13(16)18-9-11-2-1-7-22-11;/h10-12H,1-9H2,(H3,16,17,18);1H. The number of hydrogen-bond acceptors (Lipinski definition) is 4. The fraction of sp³-hybridized carbons (Fsp3) is 0.923. The normalized spacial score (nSPS) is 24.1. The Bertz CT molecular complexity index is 507. The van der Waals surface area contributed by atoms with Crippen LogP contribution in [0.2, 0.25) is 0 Å². The van der Waals surface area contributed by atoms with Crippen molar-refractivity contribution in [1.82, 2.24) is 9.62 Å². The van der Waals surface area contributed by atoms with Crippen LogP contribution in [0.4, 0.5) is 8.78 Å². The SMILES string of the molecule is I.NC(=NCC1CCN(S(=O)(=O)C(F)F)CC1)NCC1CCCO1. The maximum atomic E-state index is 12.5. The summed E-state index contributed by atoms with van der Waals surface area (Å²) in [6, 6.07) is 0. The topological polar surface area (TPSA) is 97.0 Å². The third-order valence-electron chi connectivity index (χ3n) is 4.21. The Balaban J connectivity index is 0.00000288. The van der Waals surface area contributed by atoms with E-state index < -0.39 is 15.8 Å². The molecule has 11 heteroatoms. The Morgan fingerprint density at radius 1 is 1.33 bits per heavy atom. The van der Waals surface area contributed by atoms with E-state index in [-0.39, 0.29) is 49.1 Å². The van der Waals surface area contributed by atoms with Crippen LogP contribution >= 0.6 is 24.0 Å². The fourth-order valence-corrected chi connectivity index (χ4v) is 3.71. The fourth-order valence-electron chi connectivity index (χ4n) is 2.77. The number of guanidine groups is 1. The van der Waals surface area contributed by atoms with Crippen LogP contribution in [0.25, 0.3) is 0 Å². The van der Waals surface area contributed by atoms with Crippen molar-refractivity contribution in [3.63, 3.8) is 0 Å². The minimum atomic E-state index is -4.46. The number of hydrogen-bond donors (Lipinski definition) is 2. The van der Waals surface area contributed by atoms with Crippen molar-refractivity contribution in [3.8, 4) is 0 Å². The van der Waals surface area contributed by atoms with Crippen LogP contribution in [0, 0.1) is 5.92 Å². The Morgan fingerprint density at radius 2 is 2.00 bits per heavy atom. The van der Waals surface area contributed by atoms with Crippen molar-refractivity contribution >= 4 is 40.0 Å².